The van der Waals surface area contributed by atoms with Crippen LogP contribution in [0.4, 0.5) is 0 Å². The maximum atomic E-state index is 11.7. The van der Waals surface area contributed by atoms with E-state index in [4.69, 9.17) is 9.47 Å². The van der Waals surface area contributed by atoms with E-state index in [1.54, 1.807) is 13.8 Å². The largest absolute Gasteiger partial charge is 0.419 e. The molecule has 0 saturated carbocycles. The van der Waals surface area contributed by atoms with Crippen molar-refractivity contribution in [1.82, 2.24) is 5.32 Å². The summed E-state index contributed by atoms with van der Waals surface area (Å²) in [6, 6.07) is 0. The van der Waals surface area contributed by atoms with Crippen molar-refractivity contribution < 1.29 is 19.1 Å². The molecule has 0 atom stereocenters. The van der Waals surface area contributed by atoms with Crippen LogP contribution in [0.1, 0.15) is 33.1 Å². The molecule has 0 aromatic carbocycles. The summed E-state index contributed by atoms with van der Waals surface area (Å²) in [5, 5.41) is 3.05. The lowest BCUT2D eigenvalue weighted by Crippen LogP contribution is -2.43. The van der Waals surface area contributed by atoms with Gasteiger partial charge in [-0.3, -0.25) is 0 Å². The number of ether oxygens (including phenoxy) is 2. The first-order chi connectivity index (χ1) is 7.49. The molecule has 0 radical (unpaired) electrons. The molecule has 16 heavy (non-hydrogen) atoms. The van der Waals surface area contributed by atoms with Gasteiger partial charge in [-0.1, -0.05) is 0 Å². The van der Waals surface area contributed by atoms with Gasteiger partial charge in [0.25, 0.3) is 5.79 Å². The SMILES string of the molecule is CC1(C)OC(=O)C(=C2CCCCN2)C(=O)O1. The molecular weight excluding hydrogens is 210 g/mol. The summed E-state index contributed by atoms with van der Waals surface area (Å²) in [5.41, 5.74) is 0.677. The number of nitrogens with one attached hydrogen (secondary N) is 1. The fourth-order valence-electron chi connectivity index (χ4n) is 1.87. The maximum Gasteiger partial charge on any atom is 0.350 e. The average molecular weight is 225 g/mol. The van der Waals surface area contributed by atoms with Crippen LogP contribution in [0.5, 0.6) is 0 Å². The van der Waals surface area contributed by atoms with Crippen LogP contribution >= 0.6 is 0 Å². The van der Waals surface area contributed by atoms with Crippen LogP contribution in [0.25, 0.3) is 0 Å². The van der Waals surface area contributed by atoms with Gasteiger partial charge in [0.05, 0.1) is 0 Å². The van der Waals surface area contributed by atoms with Crippen molar-refractivity contribution in [3.05, 3.63) is 11.3 Å². The summed E-state index contributed by atoms with van der Waals surface area (Å²) < 4.78 is 10.1. The number of carbonyl (C=O) groups is 2. The highest BCUT2D eigenvalue weighted by atomic mass is 16.7. The normalized spacial score (nSPS) is 24.6. The van der Waals surface area contributed by atoms with E-state index in [0.717, 1.165) is 19.4 Å². The van der Waals surface area contributed by atoms with Crippen molar-refractivity contribution in [2.45, 2.75) is 38.9 Å². The Morgan fingerprint density at radius 1 is 1.12 bits per heavy atom. The quantitative estimate of drug-likeness (QED) is 0.376. The summed E-state index contributed by atoms with van der Waals surface area (Å²) in [6.45, 7) is 3.86. The highest BCUT2D eigenvalue weighted by Gasteiger charge is 2.40. The zero-order valence-corrected chi connectivity index (χ0v) is 9.46. The zero-order valence-electron chi connectivity index (χ0n) is 9.46. The summed E-state index contributed by atoms with van der Waals surface area (Å²) >= 11 is 0. The number of piperidine rings is 1. The second-order valence-electron chi connectivity index (χ2n) is 4.42. The molecule has 0 bridgehead atoms. The summed E-state index contributed by atoms with van der Waals surface area (Å²) in [6.07, 6.45) is 2.71. The van der Waals surface area contributed by atoms with E-state index in [1.165, 1.54) is 0 Å². The lowest BCUT2D eigenvalue weighted by molar-refractivity contribution is -0.222. The molecule has 2 saturated heterocycles. The molecule has 0 aliphatic carbocycles. The molecule has 88 valence electrons. The van der Waals surface area contributed by atoms with Gasteiger partial charge < -0.3 is 14.8 Å². The summed E-state index contributed by atoms with van der Waals surface area (Å²) in [7, 11) is 0. The Balaban J connectivity index is 2.28. The molecule has 2 heterocycles. The number of hydrogen-bond acceptors (Lipinski definition) is 5. The van der Waals surface area contributed by atoms with Gasteiger partial charge in [-0.05, 0) is 19.3 Å². The molecular formula is C11H15NO4. The monoisotopic (exact) mass is 225 g/mol. The Morgan fingerprint density at radius 2 is 1.75 bits per heavy atom. The molecule has 2 aliphatic heterocycles. The maximum absolute atomic E-state index is 11.7. The van der Waals surface area contributed by atoms with E-state index in [-0.39, 0.29) is 5.57 Å². The van der Waals surface area contributed by atoms with Crippen LogP contribution in [0, 0.1) is 0 Å². The number of hydrogen-bond donors (Lipinski definition) is 1. The first kappa shape index (κ1) is 11.0. The third kappa shape index (κ3) is 2.03. The van der Waals surface area contributed by atoms with E-state index >= 15 is 0 Å². The lowest BCUT2D eigenvalue weighted by Gasteiger charge is -2.31. The van der Waals surface area contributed by atoms with E-state index in [0.29, 0.717) is 12.1 Å². The molecule has 0 aromatic heterocycles. The van der Waals surface area contributed by atoms with E-state index in [2.05, 4.69) is 5.32 Å². The fourth-order valence-corrected chi connectivity index (χ4v) is 1.87. The van der Waals surface area contributed by atoms with Crippen LogP contribution in [0.15, 0.2) is 11.3 Å². The van der Waals surface area contributed by atoms with Crippen LogP contribution < -0.4 is 5.32 Å². The fraction of sp³-hybridized carbons (Fsp3) is 0.636. The van der Waals surface area contributed by atoms with E-state index < -0.39 is 17.7 Å². The molecule has 0 spiro atoms. The van der Waals surface area contributed by atoms with Crippen molar-refractivity contribution in [3.63, 3.8) is 0 Å². The number of rotatable bonds is 0. The Bertz CT molecular complexity index is 340. The molecule has 2 rings (SSSR count). The highest BCUT2D eigenvalue weighted by molar-refractivity contribution is 6.16. The second kappa shape index (κ2) is 3.81. The van der Waals surface area contributed by atoms with Crippen molar-refractivity contribution in [1.29, 1.82) is 0 Å². The van der Waals surface area contributed by atoms with Crippen LogP contribution in [0.3, 0.4) is 0 Å². The van der Waals surface area contributed by atoms with Gasteiger partial charge in [0.1, 0.15) is 0 Å². The minimum absolute atomic E-state index is 0.0269. The van der Waals surface area contributed by atoms with Crippen LogP contribution in [-0.4, -0.2) is 24.3 Å². The number of cyclic esters (lactones) is 2. The third-order valence-corrected chi connectivity index (χ3v) is 2.58. The minimum atomic E-state index is -1.16. The molecule has 0 aromatic rings. The Morgan fingerprint density at radius 3 is 2.25 bits per heavy atom. The van der Waals surface area contributed by atoms with Crippen molar-refractivity contribution in [2.24, 2.45) is 0 Å². The smallest absolute Gasteiger partial charge is 0.350 e. The standard InChI is InChI=1S/C11H15NO4/c1-11(2)15-9(13)8(10(14)16-11)7-5-3-4-6-12-7/h12H,3-6H2,1-2H3. The van der Waals surface area contributed by atoms with Gasteiger partial charge in [0.2, 0.25) is 0 Å². The highest BCUT2D eigenvalue weighted by Crippen LogP contribution is 2.26. The molecule has 2 fully saturated rings. The second-order valence-corrected chi connectivity index (χ2v) is 4.42. The average Bonchev–Trinajstić information content (AvgIpc) is 2.16. The van der Waals surface area contributed by atoms with E-state index in [1.807, 2.05) is 0 Å². The summed E-state index contributed by atoms with van der Waals surface area (Å²) in [5.74, 6) is -2.34. The van der Waals surface area contributed by atoms with Gasteiger partial charge in [-0.2, -0.15) is 0 Å². The molecule has 2 aliphatic rings. The van der Waals surface area contributed by atoms with Crippen molar-refractivity contribution in [3.8, 4) is 0 Å². The molecule has 1 N–H and O–H groups in total. The van der Waals surface area contributed by atoms with Gasteiger partial charge in [-0.15, -0.1) is 0 Å². The Kier molecular flexibility index (Phi) is 2.61. The topological polar surface area (TPSA) is 64.6 Å². The van der Waals surface area contributed by atoms with Crippen molar-refractivity contribution in [2.75, 3.05) is 6.54 Å². The predicted octanol–water partition coefficient (Wildman–Crippen LogP) is 0.850. The Labute approximate surface area is 93.8 Å². The molecule has 5 nitrogen and oxygen atoms in total. The summed E-state index contributed by atoms with van der Waals surface area (Å²) in [4.78, 5) is 23.4. The van der Waals surface area contributed by atoms with Crippen LogP contribution in [-0.2, 0) is 19.1 Å². The van der Waals surface area contributed by atoms with Gasteiger partial charge >= 0.3 is 11.9 Å². The third-order valence-electron chi connectivity index (χ3n) is 2.58. The number of carbonyl (C=O) groups excluding carboxylic acids is 2. The van der Waals surface area contributed by atoms with Gasteiger partial charge in [0, 0.05) is 26.1 Å². The van der Waals surface area contributed by atoms with Crippen LogP contribution in [0.2, 0.25) is 0 Å². The number of esters is 2. The molecule has 0 amide bonds. The first-order valence-corrected chi connectivity index (χ1v) is 5.43. The first-order valence-electron chi connectivity index (χ1n) is 5.43. The number of allylic oxidation sites excluding steroid dienone is 1. The van der Waals surface area contributed by atoms with Gasteiger partial charge in [0.15, 0.2) is 5.57 Å². The van der Waals surface area contributed by atoms with Gasteiger partial charge in [-0.25, -0.2) is 9.59 Å². The molecule has 0 unspecified atom stereocenters. The lowest BCUT2D eigenvalue weighted by atomic mass is 10.0. The molecule has 5 heteroatoms. The predicted molar refractivity (Wildman–Crippen MR) is 55.1 cm³/mol. The minimum Gasteiger partial charge on any atom is -0.419 e. The van der Waals surface area contributed by atoms with E-state index in [9.17, 15) is 9.59 Å². The van der Waals surface area contributed by atoms with Crippen molar-refractivity contribution >= 4 is 11.9 Å². The Hall–Kier alpha value is -1.52. The zero-order chi connectivity index (χ0) is 11.8.